The smallest absolute Gasteiger partial charge is 0.264 e. The second kappa shape index (κ2) is 8.44. The normalized spacial score (nSPS) is 20.8. The van der Waals surface area contributed by atoms with Crippen LogP contribution in [0.5, 0.6) is 17.2 Å². The number of aliphatic hydroxyl groups is 1. The van der Waals surface area contributed by atoms with E-state index in [1.165, 1.54) is 16.4 Å². The molecule has 2 atom stereocenters. The summed E-state index contributed by atoms with van der Waals surface area (Å²) in [7, 11) is 4.71. The van der Waals surface area contributed by atoms with Crippen molar-refractivity contribution >= 4 is 17.7 Å². The number of thioether (sulfide) groups is 1. The van der Waals surface area contributed by atoms with Gasteiger partial charge in [-0.1, -0.05) is 11.8 Å². The molecular weight excluding hydrogens is 408 g/mol. The summed E-state index contributed by atoms with van der Waals surface area (Å²) < 4.78 is 17.9. The lowest BCUT2D eigenvalue weighted by atomic mass is 9.96. The monoisotopic (exact) mass is 434 g/mol. The van der Waals surface area contributed by atoms with Crippen LogP contribution in [0.25, 0.3) is 0 Å². The van der Waals surface area contributed by atoms with Crippen molar-refractivity contribution in [2.75, 3.05) is 34.4 Å². The van der Waals surface area contributed by atoms with Crippen LogP contribution in [0.3, 0.4) is 0 Å². The topological polar surface area (TPSA) is 98.9 Å². The van der Waals surface area contributed by atoms with E-state index in [9.17, 15) is 9.90 Å². The van der Waals surface area contributed by atoms with E-state index in [0.717, 1.165) is 5.56 Å². The van der Waals surface area contributed by atoms with Gasteiger partial charge in [-0.25, -0.2) is 4.98 Å². The fourth-order valence-electron chi connectivity index (χ4n) is 4.11. The molecule has 0 saturated carbocycles. The molecule has 162 valence electrons. The number of aryl methyl sites for hydroxylation is 1. The summed E-state index contributed by atoms with van der Waals surface area (Å²) >= 11 is 1.42. The van der Waals surface area contributed by atoms with Gasteiger partial charge in [0, 0.05) is 13.1 Å². The number of hydrogen-bond acceptors (Lipinski definition) is 9. The van der Waals surface area contributed by atoms with Gasteiger partial charge >= 0.3 is 0 Å². The Bertz CT molecular complexity index is 916. The first-order chi connectivity index (χ1) is 14.5. The molecule has 2 aromatic rings. The Morgan fingerprint density at radius 1 is 1.13 bits per heavy atom. The van der Waals surface area contributed by atoms with Gasteiger partial charge in [-0.3, -0.25) is 9.69 Å². The maximum atomic E-state index is 13.2. The van der Waals surface area contributed by atoms with E-state index in [1.54, 1.807) is 28.3 Å². The third kappa shape index (κ3) is 3.63. The number of ether oxygens (including phenoxy) is 3. The maximum absolute atomic E-state index is 13.2. The molecule has 30 heavy (non-hydrogen) atoms. The molecule has 2 aliphatic heterocycles. The summed E-state index contributed by atoms with van der Waals surface area (Å²) in [6.07, 6.45) is 1.01. The van der Waals surface area contributed by atoms with Crippen molar-refractivity contribution < 1.29 is 24.1 Å². The van der Waals surface area contributed by atoms with Crippen LogP contribution in [0.2, 0.25) is 0 Å². The highest BCUT2D eigenvalue weighted by atomic mass is 32.2. The molecule has 1 aromatic heterocycles. The molecule has 1 saturated heterocycles. The zero-order valence-electron chi connectivity index (χ0n) is 17.5. The highest BCUT2D eigenvalue weighted by Crippen LogP contribution is 2.46. The van der Waals surface area contributed by atoms with E-state index in [4.69, 9.17) is 14.2 Å². The van der Waals surface area contributed by atoms with Gasteiger partial charge in [-0.2, -0.15) is 4.68 Å². The number of rotatable bonds is 6. The molecule has 1 fully saturated rings. The first-order valence-corrected chi connectivity index (χ1v) is 10.7. The summed E-state index contributed by atoms with van der Waals surface area (Å²) in [6.45, 7) is 3.14. The van der Waals surface area contributed by atoms with Crippen molar-refractivity contribution in [3.8, 4) is 17.2 Å². The highest BCUT2D eigenvalue weighted by Gasteiger charge is 2.44. The lowest BCUT2D eigenvalue weighted by molar-refractivity contribution is 0.0550. The standard InChI is InChI=1S/C20H26N4O5S/c1-11-21-20-24(22-11)19(26)18(30-20)16(23-7-5-13(25)6-8-23)12-9-14(27-2)17(29-4)15(10-12)28-3/h9-10,13,16,18,25H,5-8H2,1-4H3. The molecule has 0 spiro atoms. The van der Waals surface area contributed by atoms with Gasteiger partial charge in [-0.15, -0.1) is 5.10 Å². The van der Waals surface area contributed by atoms with Crippen LogP contribution >= 0.6 is 11.8 Å². The minimum absolute atomic E-state index is 0.0968. The van der Waals surface area contributed by atoms with Gasteiger partial charge in [0.05, 0.1) is 33.5 Å². The number of fused-ring (bicyclic) bond motifs is 1. The summed E-state index contributed by atoms with van der Waals surface area (Å²) in [5.41, 5.74) is 0.884. The number of carbonyl (C=O) groups is 1. The Hall–Kier alpha value is -2.30. The third-order valence-corrected chi connectivity index (χ3v) is 6.76. The lowest BCUT2D eigenvalue weighted by Crippen LogP contribution is -2.44. The van der Waals surface area contributed by atoms with Crippen LogP contribution < -0.4 is 14.2 Å². The van der Waals surface area contributed by atoms with Crippen molar-refractivity contribution in [3.63, 3.8) is 0 Å². The predicted octanol–water partition coefficient (Wildman–Crippen LogP) is 1.92. The molecule has 1 N–H and O–H groups in total. The fourth-order valence-corrected chi connectivity index (χ4v) is 5.41. The van der Waals surface area contributed by atoms with Gasteiger partial charge in [0.2, 0.25) is 5.75 Å². The molecule has 9 nitrogen and oxygen atoms in total. The first kappa shape index (κ1) is 21.0. The SMILES string of the molecule is COc1cc(C(C2Sc3nc(C)nn3C2=O)N2CCC(O)CC2)cc(OC)c1OC. The molecule has 2 unspecified atom stereocenters. The Kier molecular flexibility index (Phi) is 5.90. The molecule has 3 heterocycles. The van der Waals surface area contributed by atoms with E-state index in [-0.39, 0.29) is 18.1 Å². The van der Waals surface area contributed by atoms with Gasteiger partial charge in [0.25, 0.3) is 5.91 Å². The zero-order valence-corrected chi connectivity index (χ0v) is 18.3. The van der Waals surface area contributed by atoms with Crippen LogP contribution in [-0.4, -0.2) is 76.5 Å². The van der Waals surface area contributed by atoms with Crippen LogP contribution in [0.4, 0.5) is 0 Å². The average molecular weight is 435 g/mol. The number of aliphatic hydroxyl groups excluding tert-OH is 1. The second-order valence-electron chi connectivity index (χ2n) is 7.40. The molecule has 10 heteroatoms. The minimum Gasteiger partial charge on any atom is -0.493 e. The van der Waals surface area contributed by atoms with Gasteiger partial charge in [0.1, 0.15) is 11.1 Å². The number of likely N-dealkylation sites (tertiary alicyclic amines) is 1. The predicted molar refractivity (Wildman–Crippen MR) is 111 cm³/mol. The van der Waals surface area contributed by atoms with Crippen molar-refractivity contribution in [2.24, 2.45) is 0 Å². The van der Waals surface area contributed by atoms with E-state index >= 15 is 0 Å². The number of piperidine rings is 1. The summed E-state index contributed by atoms with van der Waals surface area (Å²) in [5.74, 6) is 2.06. The molecule has 0 amide bonds. The van der Waals surface area contributed by atoms with E-state index in [2.05, 4.69) is 15.0 Å². The number of aromatic nitrogens is 3. The largest absolute Gasteiger partial charge is 0.493 e. The summed E-state index contributed by atoms with van der Waals surface area (Å²) in [5, 5.41) is 14.4. The van der Waals surface area contributed by atoms with Gasteiger partial charge in [-0.05, 0) is 37.5 Å². The maximum Gasteiger partial charge on any atom is 0.264 e. The summed E-state index contributed by atoms with van der Waals surface area (Å²) in [4.78, 5) is 19.9. The molecule has 2 aliphatic rings. The molecule has 4 rings (SSSR count). The van der Waals surface area contributed by atoms with Gasteiger partial charge < -0.3 is 19.3 Å². The molecular formula is C20H26N4O5S. The van der Waals surface area contributed by atoms with Crippen molar-refractivity contribution in [1.82, 2.24) is 19.7 Å². The number of nitrogens with zero attached hydrogens (tertiary/aromatic N) is 4. The van der Waals surface area contributed by atoms with Crippen LogP contribution in [0.15, 0.2) is 17.3 Å². The fraction of sp³-hybridized carbons (Fsp3) is 0.550. The highest BCUT2D eigenvalue weighted by molar-refractivity contribution is 8.00. The van der Waals surface area contributed by atoms with E-state index < -0.39 is 5.25 Å². The Morgan fingerprint density at radius 3 is 2.30 bits per heavy atom. The molecule has 0 radical (unpaired) electrons. The quantitative estimate of drug-likeness (QED) is 0.731. The first-order valence-electron chi connectivity index (χ1n) is 9.83. The lowest BCUT2D eigenvalue weighted by Gasteiger charge is -2.38. The van der Waals surface area contributed by atoms with E-state index in [1.807, 2.05) is 12.1 Å². The van der Waals surface area contributed by atoms with Crippen LogP contribution in [0.1, 0.15) is 35.1 Å². The second-order valence-corrected chi connectivity index (χ2v) is 8.51. The van der Waals surface area contributed by atoms with Crippen molar-refractivity contribution in [1.29, 1.82) is 0 Å². The Morgan fingerprint density at radius 2 is 1.77 bits per heavy atom. The number of benzene rings is 1. The van der Waals surface area contributed by atoms with E-state index in [0.29, 0.717) is 54.2 Å². The molecule has 0 bridgehead atoms. The Labute approximate surface area is 179 Å². The molecule has 1 aromatic carbocycles. The van der Waals surface area contributed by atoms with Crippen LogP contribution in [0, 0.1) is 6.92 Å². The third-order valence-electron chi connectivity index (χ3n) is 5.58. The molecule has 0 aliphatic carbocycles. The number of hydrogen-bond donors (Lipinski definition) is 1. The average Bonchev–Trinajstić information content (AvgIpc) is 3.25. The minimum atomic E-state index is -0.418. The van der Waals surface area contributed by atoms with Crippen molar-refractivity contribution in [3.05, 3.63) is 23.5 Å². The Balaban J connectivity index is 1.77. The number of methoxy groups -OCH3 is 3. The van der Waals surface area contributed by atoms with Gasteiger partial charge in [0.15, 0.2) is 16.7 Å². The number of carbonyl (C=O) groups excluding carboxylic acids is 1. The van der Waals surface area contributed by atoms with Crippen LogP contribution in [-0.2, 0) is 0 Å². The van der Waals surface area contributed by atoms with Crippen molar-refractivity contribution in [2.45, 2.75) is 42.3 Å². The summed E-state index contributed by atoms with van der Waals surface area (Å²) in [6, 6.07) is 3.53. The zero-order chi connectivity index (χ0) is 21.4.